The van der Waals surface area contributed by atoms with Crippen LogP contribution in [0.15, 0.2) is 188 Å². The van der Waals surface area contributed by atoms with E-state index in [1.807, 2.05) is 42.5 Å². The van der Waals surface area contributed by atoms with Crippen molar-refractivity contribution in [1.82, 2.24) is 15.0 Å². The Hall–Kier alpha value is -6.65. The molecule has 7 aromatic carbocycles. The van der Waals surface area contributed by atoms with E-state index in [0.29, 0.717) is 17.5 Å². The lowest BCUT2D eigenvalue weighted by atomic mass is 9.63. The highest BCUT2D eigenvalue weighted by Gasteiger charge is 2.46. The number of para-hydroxylation sites is 2. The van der Waals surface area contributed by atoms with Gasteiger partial charge in [0.2, 0.25) is 0 Å². The van der Waals surface area contributed by atoms with Gasteiger partial charge in [0.15, 0.2) is 17.5 Å². The number of hydrogen-bond acceptors (Lipinski definition) is 4. The molecule has 0 unspecified atom stereocenters. The molecule has 0 saturated heterocycles. The zero-order valence-corrected chi connectivity index (χ0v) is 27.1. The van der Waals surface area contributed by atoms with Gasteiger partial charge in [0.25, 0.3) is 0 Å². The molecular weight excluding hydrogens is 611 g/mol. The van der Waals surface area contributed by atoms with Crippen LogP contribution >= 0.6 is 0 Å². The van der Waals surface area contributed by atoms with Crippen molar-refractivity contribution in [2.24, 2.45) is 0 Å². The largest absolute Gasteiger partial charge is 0.456 e. The van der Waals surface area contributed by atoms with E-state index >= 15 is 0 Å². The Morgan fingerprint density at radius 2 is 0.780 bits per heavy atom. The third-order valence-corrected chi connectivity index (χ3v) is 9.49. The number of hydrogen-bond donors (Lipinski definition) is 0. The molecule has 4 heteroatoms. The summed E-state index contributed by atoms with van der Waals surface area (Å²) in [5, 5.41) is 0. The molecule has 0 saturated carbocycles. The quantitative estimate of drug-likeness (QED) is 0.181. The molecule has 0 radical (unpaired) electrons. The van der Waals surface area contributed by atoms with Crippen LogP contribution in [0.25, 0.3) is 45.3 Å². The minimum atomic E-state index is -0.645. The first kappa shape index (κ1) is 29.5. The van der Waals surface area contributed by atoms with Crippen molar-refractivity contribution in [2.75, 3.05) is 0 Å². The molecule has 0 spiro atoms. The predicted octanol–water partition coefficient (Wildman–Crippen LogP) is 11.0. The maximum Gasteiger partial charge on any atom is 0.167 e. The molecule has 0 N–H and O–H groups in total. The second kappa shape index (κ2) is 12.4. The molecule has 0 amide bonds. The van der Waals surface area contributed by atoms with Crippen LogP contribution in [0.1, 0.15) is 22.3 Å². The van der Waals surface area contributed by atoms with E-state index in [-0.39, 0.29) is 0 Å². The third kappa shape index (κ3) is 4.97. The number of rotatable bonds is 6. The molecule has 0 bridgehead atoms. The Morgan fingerprint density at radius 1 is 0.340 bits per heavy atom. The van der Waals surface area contributed by atoms with Crippen LogP contribution in [0, 0.1) is 0 Å². The lowest BCUT2D eigenvalue weighted by Crippen LogP contribution is -2.34. The molecule has 0 aliphatic carbocycles. The van der Waals surface area contributed by atoms with Crippen molar-refractivity contribution >= 4 is 0 Å². The molecule has 2 heterocycles. The summed E-state index contributed by atoms with van der Waals surface area (Å²) in [7, 11) is 0. The van der Waals surface area contributed by atoms with Gasteiger partial charge < -0.3 is 4.74 Å². The van der Waals surface area contributed by atoms with Gasteiger partial charge in [-0.1, -0.05) is 176 Å². The van der Waals surface area contributed by atoms with E-state index in [0.717, 1.165) is 61.6 Å². The summed E-state index contributed by atoms with van der Waals surface area (Å²) in [5.41, 5.74) is 8.69. The normalized spacial score (nSPS) is 12.7. The SMILES string of the molecule is c1ccc(-c2ccc(-c3nc(-c4ccccc4)nc(-c4cccc5c4Oc4ccccc4C5(c4ccccc4)c4ccccc4)n3)cc2)cc1. The van der Waals surface area contributed by atoms with Gasteiger partial charge >= 0.3 is 0 Å². The van der Waals surface area contributed by atoms with Crippen LogP contribution < -0.4 is 4.74 Å². The zero-order valence-electron chi connectivity index (χ0n) is 27.1. The van der Waals surface area contributed by atoms with Crippen molar-refractivity contribution in [2.45, 2.75) is 5.41 Å². The first-order valence-electron chi connectivity index (χ1n) is 16.8. The van der Waals surface area contributed by atoms with Crippen LogP contribution in [0.3, 0.4) is 0 Å². The number of ether oxygens (including phenoxy) is 1. The Balaban J connectivity index is 1.28. The fourth-order valence-electron chi connectivity index (χ4n) is 7.19. The Kier molecular flexibility index (Phi) is 7.33. The monoisotopic (exact) mass is 641 g/mol. The number of benzene rings is 7. The second-order valence-electron chi connectivity index (χ2n) is 12.4. The second-order valence-corrected chi connectivity index (χ2v) is 12.4. The first-order chi connectivity index (χ1) is 24.8. The highest BCUT2D eigenvalue weighted by atomic mass is 16.5. The van der Waals surface area contributed by atoms with Crippen molar-refractivity contribution < 1.29 is 4.74 Å². The smallest absolute Gasteiger partial charge is 0.167 e. The summed E-state index contributed by atoms with van der Waals surface area (Å²) < 4.78 is 6.92. The van der Waals surface area contributed by atoms with Crippen molar-refractivity contribution in [3.05, 3.63) is 210 Å². The number of aromatic nitrogens is 3. The molecule has 4 nitrogen and oxygen atoms in total. The molecule has 1 aliphatic heterocycles. The van der Waals surface area contributed by atoms with Gasteiger partial charge in [-0.05, 0) is 34.4 Å². The minimum absolute atomic E-state index is 0.548. The highest BCUT2D eigenvalue weighted by Crippen LogP contribution is 2.57. The minimum Gasteiger partial charge on any atom is -0.456 e. The van der Waals surface area contributed by atoms with Gasteiger partial charge in [-0.15, -0.1) is 0 Å². The van der Waals surface area contributed by atoms with E-state index in [9.17, 15) is 0 Å². The van der Waals surface area contributed by atoms with Crippen molar-refractivity contribution in [1.29, 1.82) is 0 Å². The van der Waals surface area contributed by atoms with E-state index in [1.165, 1.54) is 0 Å². The van der Waals surface area contributed by atoms with Crippen LogP contribution in [-0.2, 0) is 5.41 Å². The molecule has 50 heavy (non-hydrogen) atoms. The van der Waals surface area contributed by atoms with Gasteiger partial charge in [0.05, 0.1) is 11.0 Å². The van der Waals surface area contributed by atoms with Crippen LogP contribution in [0.4, 0.5) is 0 Å². The van der Waals surface area contributed by atoms with Crippen molar-refractivity contribution in [3.63, 3.8) is 0 Å². The Labute approximate surface area is 291 Å². The highest BCUT2D eigenvalue weighted by molar-refractivity contribution is 5.78. The summed E-state index contributed by atoms with van der Waals surface area (Å²) in [5.74, 6) is 3.28. The van der Waals surface area contributed by atoms with E-state index in [4.69, 9.17) is 19.7 Å². The summed E-state index contributed by atoms with van der Waals surface area (Å²) in [4.78, 5) is 15.3. The van der Waals surface area contributed by atoms with E-state index < -0.39 is 5.41 Å². The van der Waals surface area contributed by atoms with Gasteiger partial charge in [0.1, 0.15) is 11.5 Å². The number of fused-ring (bicyclic) bond motifs is 2. The zero-order chi connectivity index (χ0) is 33.3. The maximum absolute atomic E-state index is 6.92. The van der Waals surface area contributed by atoms with Crippen LogP contribution in [-0.4, -0.2) is 15.0 Å². The molecular formula is C46H31N3O. The Bertz CT molecular complexity index is 2390. The summed E-state index contributed by atoms with van der Waals surface area (Å²) >= 11 is 0. The number of nitrogens with zero attached hydrogens (tertiary/aromatic N) is 3. The molecule has 9 rings (SSSR count). The molecule has 8 aromatic rings. The lowest BCUT2D eigenvalue weighted by Gasteiger charge is -2.42. The standard InChI is InChI=1S/C46H31N3O/c1-5-16-32(17-6-1)33-28-30-35(31-29-33)44-47-43(34-18-7-2-8-19-34)48-45(49-44)38-24-15-26-40-42(38)50-41-27-14-13-25-39(41)46(40,36-20-9-3-10-21-36)37-22-11-4-12-23-37/h1-31H. The summed E-state index contributed by atoms with van der Waals surface area (Å²) in [6.45, 7) is 0. The Morgan fingerprint density at radius 3 is 1.40 bits per heavy atom. The molecule has 1 aromatic heterocycles. The molecule has 1 aliphatic rings. The first-order valence-corrected chi connectivity index (χ1v) is 16.8. The van der Waals surface area contributed by atoms with Crippen LogP contribution in [0.5, 0.6) is 11.5 Å². The van der Waals surface area contributed by atoms with Gasteiger partial charge in [-0.2, -0.15) is 0 Å². The predicted molar refractivity (Wildman–Crippen MR) is 200 cm³/mol. The van der Waals surface area contributed by atoms with Crippen molar-refractivity contribution in [3.8, 4) is 56.8 Å². The maximum atomic E-state index is 6.92. The summed E-state index contributed by atoms with van der Waals surface area (Å²) in [6, 6.07) is 64.9. The average molecular weight is 642 g/mol. The van der Waals surface area contributed by atoms with E-state index in [2.05, 4.69) is 146 Å². The lowest BCUT2D eigenvalue weighted by molar-refractivity contribution is 0.436. The van der Waals surface area contributed by atoms with Gasteiger partial charge in [0, 0.05) is 22.3 Å². The topological polar surface area (TPSA) is 47.9 Å². The fourth-order valence-corrected chi connectivity index (χ4v) is 7.19. The fraction of sp³-hybridized carbons (Fsp3) is 0.0217. The molecule has 0 fully saturated rings. The molecule has 236 valence electrons. The van der Waals surface area contributed by atoms with E-state index in [1.54, 1.807) is 0 Å². The van der Waals surface area contributed by atoms with Crippen LogP contribution in [0.2, 0.25) is 0 Å². The third-order valence-electron chi connectivity index (χ3n) is 9.49. The average Bonchev–Trinajstić information content (AvgIpc) is 3.21. The van der Waals surface area contributed by atoms with Gasteiger partial charge in [-0.25, -0.2) is 15.0 Å². The van der Waals surface area contributed by atoms with Gasteiger partial charge in [-0.3, -0.25) is 0 Å². The summed E-state index contributed by atoms with van der Waals surface area (Å²) in [6.07, 6.45) is 0. The molecule has 0 atom stereocenters.